The topological polar surface area (TPSA) is 183 Å². The molecule has 0 heterocycles. The van der Waals surface area contributed by atoms with E-state index in [4.69, 9.17) is 85.3 Å². The molecule has 0 N–H and O–H groups in total. The van der Waals surface area contributed by atoms with Crippen LogP contribution in [0.5, 0.6) is 0 Å². The lowest BCUT2D eigenvalue weighted by Crippen LogP contribution is -2.16. The summed E-state index contributed by atoms with van der Waals surface area (Å²) < 4.78 is 98.3. The molecule has 0 saturated carbocycles. The quantitative estimate of drug-likeness (QED) is 0.0686. The van der Waals surface area contributed by atoms with Gasteiger partial charge in [0.2, 0.25) is 0 Å². The summed E-state index contributed by atoms with van der Waals surface area (Å²) in [6, 6.07) is 10.1. The van der Waals surface area contributed by atoms with Crippen molar-refractivity contribution in [2.75, 3.05) is 218 Å². The number of rotatable bonds is 54. The maximum Gasteiger partial charge on any atom is 0.308 e. The van der Waals surface area contributed by atoms with Crippen molar-refractivity contribution in [3.8, 4) is 0 Å². The highest BCUT2D eigenvalue weighted by molar-refractivity contribution is 5.69. The third kappa shape index (κ3) is 49.4. The Morgan fingerprint density at radius 2 is 0.516 bits per heavy atom. The van der Waals surface area contributed by atoms with Crippen molar-refractivity contribution in [3.63, 3.8) is 0 Å². The molecule has 0 atom stereocenters. The van der Waals surface area contributed by atoms with E-state index in [2.05, 4.69) is 0 Å². The predicted octanol–water partition coefficient (Wildman–Crippen LogP) is 2.81. The van der Waals surface area contributed by atoms with Gasteiger partial charge < -0.3 is 85.3 Å². The van der Waals surface area contributed by atoms with Crippen molar-refractivity contribution in [2.45, 2.75) is 33.0 Å². The van der Waals surface area contributed by atoms with Crippen molar-refractivity contribution < 1.29 is 90.1 Å². The van der Waals surface area contributed by atoms with Gasteiger partial charge in [0.25, 0.3) is 0 Å². The van der Waals surface area contributed by atoms with Gasteiger partial charge >= 0.3 is 5.97 Å². The first kappa shape index (κ1) is 60.0. The van der Waals surface area contributed by atoms with Crippen LogP contribution < -0.4 is 0 Å². The molecule has 19 heteroatoms. The molecule has 64 heavy (non-hydrogen) atoms. The Morgan fingerprint density at radius 3 is 0.734 bits per heavy atom. The monoisotopic (exact) mass is 927 g/mol. The average molecular weight is 927 g/mol. The third-order valence-electron chi connectivity index (χ3n) is 7.88. The Kier molecular flexibility index (Phi) is 48.8. The predicted molar refractivity (Wildman–Crippen MR) is 235 cm³/mol. The molecule has 0 radical (unpaired) electrons. The summed E-state index contributed by atoms with van der Waals surface area (Å²) in [5.41, 5.74) is 1.15. The number of esters is 1. The molecule has 1 aromatic carbocycles. The van der Waals surface area contributed by atoms with Crippen LogP contribution in [0, 0.1) is 0 Å². The van der Waals surface area contributed by atoms with Gasteiger partial charge in [0.15, 0.2) is 0 Å². The fourth-order valence-electron chi connectivity index (χ4n) is 4.76. The van der Waals surface area contributed by atoms with Gasteiger partial charge in [-0.3, -0.25) is 4.79 Å². The first-order valence-electron chi connectivity index (χ1n) is 22.7. The summed E-state index contributed by atoms with van der Waals surface area (Å²) in [7, 11) is 0. The van der Waals surface area contributed by atoms with E-state index < -0.39 is 0 Å². The molecule has 1 rings (SSSR count). The second kappa shape index (κ2) is 52.0. The minimum absolute atomic E-state index is 0.110. The molecule has 0 spiro atoms. The van der Waals surface area contributed by atoms with Gasteiger partial charge in [0, 0.05) is 0 Å². The molecule has 0 aliphatic carbocycles. The molecule has 0 aromatic heterocycles. The number of ether oxygens (including phenoxy) is 18. The van der Waals surface area contributed by atoms with Gasteiger partial charge in [-0.15, -0.1) is 0 Å². The van der Waals surface area contributed by atoms with E-state index in [9.17, 15) is 4.79 Å². The summed E-state index contributed by atoms with van der Waals surface area (Å²) in [4.78, 5) is 11.4. The van der Waals surface area contributed by atoms with E-state index in [0.29, 0.717) is 225 Å². The first-order valence-corrected chi connectivity index (χ1v) is 22.7. The Morgan fingerprint density at radius 1 is 0.312 bits per heavy atom. The molecule has 0 saturated heterocycles. The van der Waals surface area contributed by atoms with Gasteiger partial charge in [-0.25, -0.2) is 0 Å². The minimum atomic E-state index is -0.257. The minimum Gasteiger partial charge on any atom is -0.463 e. The fraction of sp³-hybridized carbons (Fsp3) is 0.844. The SMILES string of the molecule is CC(C)OC(=O)CCOCCOCCOCCOCCOCCOCCOCCOCCOCCOCCOCCOCCOCCOCCOCCOCCOCc1ccccc1. The smallest absolute Gasteiger partial charge is 0.308 e. The maximum absolute atomic E-state index is 11.4. The largest absolute Gasteiger partial charge is 0.463 e. The van der Waals surface area contributed by atoms with Crippen molar-refractivity contribution >= 4 is 5.97 Å². The summed E-state index contributed by atoms with van der Waals surface area (Å²) in [6.07, 6.45) is 0.132. The summed E-state index contributed by atoms with van der Waals surface area (Å²) in [6.45, 7) is 20.3. The summed E-state index contributed by atoms with van der Waals surface area (Å²) in [5.74, 6) is -0.257. The number of carbonyl (C=O) groups is 1. The molecule has 0 amide bonds. The van der Waals surface area contributed by atoms with Gasteiger partial charge in [-0.2, -0.15) is 0 Å². The molecule has 0 fully saturated rings. The summed E-state index contributed by atoms with van der Waals surface area (Å²) in [5, 5.41) is 0. The number of hydrogen-bond acceptors (Lipinski definition) is 19. The lowest BCUT2D eigenvalue weighted by atomic mass is 10.2. The van der Waals surface area contributed by atoms with E-state index in [-0.39, 0.29) is 18.5 Å². The number of benzene rings is 1. The van der Waals surface area contributed by atoms with Crippen LogP contribution in [0.25, 0.3) is 0 Å². The van der Waals surface area contributed by atoms with Crippen LogP contribution in [-0.4, -0.2) is 230 Å². The van der Waals surface area contributed by atoms with Gasteiger partial charge in [0.1, 0.15) is 0 Å². The highest BCUT2D eigenvalue weighted by atomic mass is 16.6. The molecular formula is C45H82O19. The lowest BCUT2D eigenvalue weighted by Gasteiger charge is -2.09. The van der Waals surface area contributed by atoms with Crippen molar-refractivity contribution in [2.24, 2.45) is 0 Å². The zero-order valence-electron chi connectivity index (χ0n) is 39.0. The van der Waals surface area contributed by atoms with E-state index in [0.717, 1.165) is 5.56 Å². The van der Waals surface area contributed by atoms with Gasteiger partial charge in [0.05, 0.1) is 237 Å². The molecule has 376 valence electrons. The fourth-order valence-corrected chi connectivity index (χ4v) is 4.76. The average Bonchev–Trinajstić information content (AvgIpc) is 3.29. The third-order valence-corrected chi connectivity index (χ3v) is 7.88. The van der Waals surface area contributed by atoms with Crippen LogP contribution in [0.2, 0.25) is 0 Å². The molecule has 0 aliphatic heterocycles. The van der Waals surface area contributed by atoms with Crippen molar-refractivity contribution in [1.29, 1.82) is 0 Å². The Balaban J connectivity index is 1.60. The van der Waals surface area contributed by atoms with Crippen molar-refractivity contribution in [3.05, 3.63) is 35.9 Å². The molecular weight excluding hydrogens is 844 g/mol. The van der Waals surface area contributed by atoms with E-state index >= 15 is 0 Å². The van der Waals surface area contributed by atoms with Crippen LogP contribution in [0.15, 0.2) is 30.3 Å². The number of hydrogen-bond donors (Lipinski definition) is 0. The lowest BCUT2D eigenvalue weighted by molar-refractivity contribution is -0.148. The second-order valence-electron chi connectivity index (χ2n) is 13.6. The first-order chi connectivity index (χ1) is 31.7. The zero-order valence-corrected chi connectivity index (χ0v) is 39.0. The Hall–Kier alpha value is -1.99. The van der Waals surface area contributed by atoms with Crippen LogP contribution in [0.4, 0.5) is 0 Å². The molecule has 19 nitrogen and oxygen atoms in total. The van der Waals surface area contributed by atoms with E-state index in [1.54, 1.807) is 0 Å². The Labute approximate surface area is 382 Å². The zero-order chi connectivity index (χ0) is 45.7. The molecule has 0 aliphatic rings. The standard InChI is InChI=1S/C45H82O19/c1-43(2)64-45(46)8-9-47-10-11-48-12-13-49-14-15-50-16-17-51-18-19-52-20-21-53-22-23-54-24-25-55-26-27-56-28-29-57-30-31-58-32-33-59-34-35-60-36-37-61-38-39-62-40-41-63-42-44-6-4-3-5-7-44/h3-7,43H,8-42H2,1-2H3. The van der Waals surface area contributed by atoms with E-state index in [1.807, 2.05) is 44.2 Å². The van der Waals surface area contributed by atoms with Gasteiger partial charge in [-0.05, 0) is 19.4 Å². The maximum atomic E-state index is 11.4. The van der Waals surface area contributed by atoms with Crippen molar-refractivity contribution in [1.82, 2.24) is 0 Å². The highest BCUT2D eigenvalue weighted by Gasteiger charge is 2.05. The number of carbonyl (C=O) groups excluding carboxylic acids is 1. The molecule has 0 bridgehead atoms. The molecule has 1 aromatic rings. The normalized spacial score (nSPS) is 11.6. The van der Waals surface area contributed by atoms with Crippen LogP contribution in [0.1, 0.15) is 25.8 Å². The Bertz CT molecular complexity index is 1040. The van der Waals surface area contributed by atoms with E-state index in [1.165, 1.54) is 0 Å². The van der Waals surface area contributed by atoms with Crippen LogP contribution >= 0.6 is 0 Å². The summed E-state index contributed by atoms with van der Waals surface area (Å²) >= 11 is 0. The van der Waals surface area contributed by atoms with Crippen LogP contribution in [-0.2, 0) is 96.7 Å². The molecule has 0 unspecified atom stereocenters. The van der Waals surface area contributed by atoms with Crippen LogP contribution in [0.3, 0.4) is 0 Å². The second-order valence-corrected chi connectivity index (χ2v) is 13.6. The highest BCUT2D eigenvalue weighted by Crippen LogP contribution is 2.00. The van der Waals surface area contributed by atoms with Gasteiger partial charge in [-0.1, -0.05) is 30.3 Å².